The zero-order chi connectivity index (χ0) is 13.7. The zero-order valence-electron chi connectivity index (χ0n) is 12.7. The highest BCUT2D eigenvalue weighted by atomic mass is 16.5. The highest BCUT2D eigenvalue weighted by Gasteiger charge is 2.30. The van der Waals surface area contributed by atoms with Crippen molar-refractivity contribution in [2.75, 3.05) is 6.54 Å². The SMILES string of the molecule is C=[N+]([O-])C[C@@H](C)[C@H]1CCCCCC2CCC2CCC1. The molecule has 2 fully saturated rings. The van der Waals surface area contributed by atoms with Crippen LogP contribution in [-0.2, 0) is 0 Å². The van der Waals surface area contributed by atoms with Gasteiger partial charge in [-0.2, -0.15) is 0 Å². The highest BCUT2D eigenvalue weighted by Crippen LogP contribution is 2.42. The highest BCUT2D eigenvalue weighted by molar-refractivity contribution is 5.14. The van der Waals surface area contributed by atoms with Crippen molar-refractivity contribution in [3.8, 4) is 0 Å². The van der Waals surface area contributed by atoms with Gasteiger partial charge in [0, 0.05) is 5.92 Å². The van der Waals surface area contributed by atoms with Gasteiger partial charge in [-0.3, -0.25) is 0 Å². The summed E-state index contributed by atoms with van der Waals surface area (Å²) < 4.78 is 0.873. The number of hydroxylamine groups is 1. The lowest BCUT2D eigenvalue weighted by molar-refractivity contribution is -0.458. The van der Waals surface area contributed by atoms with Crippen LogP contribution in [0.5, 0.6) is 0 Å². The zero-order valence-corrected chi connectivity index (χ0v) is 12.7. The first-order valence-electron chi connectivity index (χ1n) is 8.42. The van der Waals surface area contributed by atoms with Crippen molar-refractivity contribution in [3.05, 3.63) is 5.21 Å². The third-order valence-electron chi connectivity index (χ3n) is 5.67. The normalized spacial score (nSPS) is 34.5. The molecule has 0 aromatic heterocycles. The van der Waals surface area contributed by atoms with Crippen LogP contribution in [0, 0.1) is 28.9 Å². The van der Waals surface area contributed by atoms with Gasteiger partial charge in [-0.15, -0.1) is 0 Å². The van der Waals surface area contributed by atoms with Crippen LogP contribution in [0.2, 0.25) is 0 Å². The molecule has 2 rings (SSSR count). The molecule has 0 saturated heterocycles. The molecular weight excluding hydrogens is 234 g/mol. The van der Waals surface area contributed by atoms with E-state index in [1.807, 2.05) is 0 Å². The Labute approximate surface area is 118 Å². The number of hydrogen-bond donors (Lipinski definition) is 0. The largest absolute Gasteiger partial charge is 0.624 e. The van der Waals surface area contributed by atoms with Gasteiger partial charge in [0.05, 0.1) is 0 Å². The number of hydrogen-bond acceptors (Lipinski definition) is 1. The van der Waals surface area contributed by atoms with E-state index in [9.17, 15) is 5.21 Å². The van der Waals surface area contributed by atoms with Crippen LogP contribution >= 0.6 is 0 Å². The molecular formula is C17H31NO. The Hall–Kier alpha value is -0.530. The second-order valence-electron chi connectivity index (χ2n) is 7.07. The predicted octanol–water partition coefficient (Wildman–Crippen LogP) is 4.61. The molecule has 0 radical (unpaired) electrons. The van der Waals surface area contributed by atoms with Gasteiger partial charge >= 0.3 is 0 Å². The lowest BCUT2D eigenvalue weighted by Crippen LogP contribution is -2.26. The van der Waals surface area contributed by atoms with E-state index in [0.717, 1.165) is 22.5 Å². The van der Waals surface area contributed by atoms with Gasteiger partial charge in [0.25, 0.3) is 0 Å². The maximum absolute atomic E-state index is 11.1. The van der Waals surface area contributed by atoms with Crippen molar-refractivity contribution in [2.24, 2.45) is 23.7 Å². The quantitative estimate of drug-likeness (QED) is 0.317. The summed E-state index contributed by atoms with van der Waals surface area (Å²) in [5.74, 6) is 3.35. The molecule has 4 atom stereocenters. The fraction of sp³-hybridized carbons (Fsp3) is 0.941. The summed E-state index contributed by atoms with van der Waals surface area (Å²) in [6, 6.07) is 0. The minimum absolute atomic E-state index is 0.507. The van der Waals surface area contributed by atoms with Crippen molar-refractivity contribution in [1.82, 2.24) is 0 Å². The molecule has 0 aliphatic heterocycles. The molecule has 0 N–H and O–H groups in total. The van der Waals surface area contributed by atoms with E-state index in [1.165, 1.54) is 64.2 Å². The van der Waals surface area contributed by atoms with E-state index in [4.69, 9.17) is 0 Å². The fourth-order valence-corrected chi connectivity index (χ4v) is 4.21. The Morgan fingerprint density at radius 2 is 1.53 bits per heavy atom. The summed E-state index contributed by atoms with van der Waals surface area (Å²) in [7, 11) is 0. The van der Waals surface area contributed by atoms with E-state index in [-0.39, 0.29) is 0 Å². The summed E-state index contributed by atoms with van der Waals surface area (Å²) >= 11 is 0. The molecule has 0 heterocycles. The molecule has 2 saturated carbocycles. The van der Waals surface area contributed by atoms with Gasteiger partial charge in [0.1, 0.15) is 6.72 Å². The molecule has 2 heteroatoms. The van der Waals surface area contributed by atoms with Crippen LogP contribution in [-0.4, -0.2) is 18.0 Å². The molecule has 0 aromatic carbocycles. The molecule has 2 aliphatic rings. The molecule has 2 unspecified atom stereocenters. The lowest BCUT2D eigenvalue weighted by Gasteiger charge is -2.37. The minimum Gasteiger partial charge on any atom is -0.624 e. The molecule has 110 valence electrons. The number of nitrogens with zero attached hydrogens (tertiary/aromatic N) is 1. The maximum Gasteiger partial charge on any atom is 0.155 e. The van der Waals surface area contributed by atoms with Gasteiger partial charge in [0.2, 0.25) is 0 Å². The van der Waals surface area contributed by atoms with Crippen LogP contribution in [0.15, 0.2) is 0 Å². The Bertz CT molecular complexity index is 289. The van der Waals surface area contributed by atoms with Crippen molar-refractivity contribution >= 4 is 6.72 Å². The van der Waals surface area contributed by atoms with Crippen LogP contribution in [0.1, 0.15) is 71.1 Å². The third kappa shape index (κ3) is 4.50. The average Bonchev–Trinajstić information content (AvgIpc) is 2.35. The average molecular weight is 265 g/mol. The van der Waals surface area contributed by atoms with E-state index < -0.39 is 0 Å². The number of fused-ring (bicyclic) bond motifs is 1. The Kier molecular flexibility index (Phi) is 5.72. The van der Waals surface area contributed by atoms with Crippen molar-refractivity contribution < 1.29 is 4.74 Å². The first kappa shape index (κ1) is 14.9. The van der Waals surface area contributed by atoms with E-state index in [0.29, 0.717) is 12.5 Å². The summed E-state index contributed by atoms with van der Waals surface area (Å²) in [6.45, 7) is 6.32. The molecule has 2 nitrogen and oxygen atoms in total. The topological polar surface area (TPSA) is 26.1 Å². The standard InChI is InChI=1S/C17H31NO/c1-14(13-18(2)19)15-7-4-3-5-8-16-11-12-17(16)10-6-9-15/h14-17H,2-13H2,1H3/t14-,15+,16?,17?/m1/s1. The Balaban J connectivity index is 1.83. The van der Waals surface area contributed by atoms with Gasteiger partial charge < -0.3 is 5.21 Å². The van der Waals surface area contributed by atoms with Crippen LogP contribution < -0.4 is 0 Å². The van der Waals surface area contributed by atoms with Crippen molar-refractivity contribution in [1.29, 1.82) is 0 Å². The summed E-state index contributed by atoms with van der Waals surface area (Å²) in [5.41, 5.74) is 0. The molecule has 0 aromatic rings. The smallest absolute Gasteiger partial charge is 0.155 e. The second-order valence-corrected chi connectivity index (χ2v) is 7.07. The minimum atomic E-state index is 0.507. The van der Waals surface area contributed by atoms with Gasteiger partial charge in [0.15, 0.2) is 6.54 Å². The molecule has 0 amide bonds. The van der Waals surface area contributed by atoms with Crippen molar-refractivity contribution in [3.63, 3.8) is 0 Å². The fourth-order valence-electron chi connectivity index (χ4n) is 4.21. The van der Waals surface area contributed by atoms with E-state index >= 15 is 0 Å². The molecule has 0 spiro atoms. The summed E-state index contributed by atoms with van der Waals surface area (Å²) in [4.78, 5) is 0. The van der Waals surface area contributed by atoms with Gasteiger partial charge in [-0.1, -0.05) is 45.4 Å². The van der Waals surface area contributed by atoms with E-state index in [2.05, 4.69) is 13.6 Å². The van der Waals surface area contributed by atoms with Crippen molar-refractivity contribution in [2.45, 2.75) is 71.1 Å². The van der Waals surface area contributed by atoms with Crippen LogP contribution in [0.3, 0.4) is 0 Å². The van der Waals surface area contributed by atoms with Crippen LogP contribution in [0.4, 0.5) is 0 Å². The molecule has 0 bridgehead atoms. The first-order chi connectivity index (χ1) is 9.16. The Morgan fingerprint density at radius 1 is 0.947 bits per heavy atom. The summed E-state index contributed by atoms with van der Waals surface area (Å²) in [6.07, 6.45) is 14.1. The first-order valence-corrected chi connectivity index (χ1v) is 8.42. The van der Waals surface area contributed by atoms with Gasteiger partial charge in [-0.05, 0) is 43.4 Å². The predicted molar refractivity (Wildman–Crippen MR) is 81.4 cm³/mol. The van der Waals surface area contributed by atoms with E-state index in [1.54, 1.807) is 0 Å². The Morgan fingerprint density at radius 3 is 2.16 bits per heavy atom. The third-order valence-corrected chi connectivity index (χ3v) is 5.67. The molecule has 2 aliphatic carbocycles. The maximum atomic E-state index is 11.1. The molecule has 19 heavy (non-hydrogen) atoms. The summed E-state index contributed by atoms with van der Waals surface area (Å²) in [5, 5.41) is 11.1. The monoisotopic (exact) mass is 265 g/mol. The second kappa shape index (κ2) is 7.31. The van der Waals surface area contributed by atoms with Crippen LogP contribution in [0.25, 0.3) is 0 Å². The van der Waals surface area contributed by atoms with Gasteiger partial charge in [-0.25, -0.2) is 4.74 Å². The number of rotatable bonds is 3. The lowest BCUT2D eigenvalue weighted by atomic mass is 9.69.